The molecule has 0 heterocycles. The highest BCUT2D eigenvalue weighted by Crippen LogP contribution is 2.06. The van der Waals surface area contributed by atoms with Gasteiger partial charge in [-0.25, -0.2) is 0 Å². The fraction of sp³-hybridized carbons (Fsp3) is 0.385. The highest BCUT2D eigenvalue weighted by Gasteiger charge is 2.07. The van der Waals surface area contributed by atoms with Gasteiger partial charge in [-0.15, -0.1) is 6.40 Å². The van der Waals surface area contributed by atoms with Crippen molar-refractivity contribution in [2.75, 3.05) is 13.5 Å². The Hall–Kier alpha value is -1.26. The van der Waals surface area contributed by atoms with E-state index in [-0.39, 0.29) is 5.56 Å². The molecule has 74 valence electrons. The van der Waals surface area contributed by atoms with E-state index in [9.17, 15) is 0 Å². The van der Waals surface area contributed by atoms with Gasteiger partial charge in [0.2, 0.25) is 0 Å². The summed E-state index contributed by atoms with van der Waals surface area (Å²) in [7, 11) is 0. The van der Waals surface area contributed by atoms with Crippen LogP contribution >= 0.6 is 0 Å². The largest absolute Gasteiger partial charge is 0.292 e. The maximum absolute atomic E-state index is 7.89. The molecule has 0 unspecified atom stereocenters. The van der Waals surface area contributed by atoms with Crippen molar-refractivity contribution >= 4 is 0 Å². The van der Waals surface area contributed by atoms with Gasteiger partial charge in [-0.05, 0) is 25.8 Å². The summed E-state index contributed by atoms with van der Waals surface area (Å²) in [6.45, 7) is -6.24. The van der Waals surface area contributed by atoms with Gasteiger partial charge < -0.3 is 0 Å². The Morgan fingerprint density at radius 3 is 3.14 bits per heavy atom. The van der Waals surface area contributed by atoms with Gasteiger partial charge in [0.05, 0.1) is 13.4 Å². The molecule has 14 heavy (non-hydrogen) atoms. The highest BCUT2D eigenvalue weighted by molar-refractivity contribution is 5.15. The molecule has 0 amide bonds. The molecule has 0 aliphatic rings. The SMILES string of the molecule is [2H]C#CCN([C@@H](Cc1c([2H])c([2H])c([2H])c([2H])c1[2H])C([2H])([2H])[2H])C([2H])([2H])[2H]. The predicted molar refractivity (Wildman–Crippen MR) is 61.1 cm³/mol. The van der Waals surface area contributed by atoms with E-state index in [0.29, 0.717) is 4.90 Å². The van der Waals surface area contributed by atoms with Crippen molar-refractivity contribution in [1.82, 2.24) is 4.90 Å². The van der Waals surface area contributed by atoms with Gasteiger partial charge in [0.15, 0.2) is 0 Å². The Kier molecular flexibility index (Phi) is 1.12. The van der Waals surface area contributed by atoms with Crippen molar-refractivity contribution in [3.63, 3.8) is 0 Å². The lowest BCUT2D eigenvalue weighted by molar-refractivity contribution is 0.287. The minimum Gasteiger partial charge on any atom is -0.292 e. The molecule has 1 aromatic carbocycles. The molecule has 1 rings (SSSR count). The molecule has 1 nitrogen and oxygen atoms in total. The maximum atomic E-state index is 7.89. The summed E-state index contributed by atoms with van der Waals surface area (Å²) in [5.74, 6) is 2.19. The summed E-state index contributed by atoms with van der Waals surface area (Å²) in [5.41, 5.74) is -0.287. The minimum atomic E-state index is -2.86. The first-order chi connectivity index (χ1) is 11.7. The number of hydrogen-bond donors (Lipinski definition) is 0. The van der Waals surface area contributed by atoms with Crippen molar-refractivity contribution in [2.24, 2.45) is 0 Å². The van der Waals surface area contributed by atoms with Crippen molar-refractivity contribution in [3.8, 4) is 12.3 Å². The molecule has 0 saturated heterocycles. The lowest BCUT2D eigenvalue weighted by Crippen LogP contribution is -2.31. The molecule has 0 aliphatic heterocycles. The van der Waals surface area contributed by atoms with Crippen LogP contribution < -0.4 is 0 Å². The number of likely N-dealkylation sites (N-methyl/N-ethyl adjacent to an activating group) is 1. The molecule has 1 heteroatoms. The maximum Gasteiger partial charge on any atom is 0.124 e. The number of benzene rings is 1. The van der Waals surface area contributed by atoms with Crippen LogP contribution in [0.1, 0.15) is 28.9 Å². The van der Waals surface area contributed by atoms with Crippen molar-refractivity contribution in [1.29, 1.82) is 0 Å². The van der Waals surface area contributed by atoms with E-state index in [1.165, 1.54) is 0 Å². The van der Waals surface area contributed by atoms with Crippen molar-refractivity contribution in [2.45, 2.75) is 19.3 Å². The van der Waals surface area contributed by atoms with Crippen LogP contribution in [0.15, 0.2) is 30.2 Å². The van der Waals surface area contributed by atoms with Crippen LogP contribution in [0.3, 0.4) is 0 Å². The standard InChI is InChI=1S/C13H17N/c1-4-10-14(3)12(2)11-13-8-6-5-7-9-13/h1,5-9,12H,10-11H2,2-3H3/t12-/m1/s1/i1D,2D3,3D3,5D,6D,7D,8D,9D. The molecule has 1 atom stereocenters. The first kappa shape index (κ1) is 2.87. The Morgan fingerprint density at radius 2 is 2.50 bits per heavy atom. The number of rotatable bonds is 4. The van der Waals surface area contributed by atoms with Crippen LogP contribution in [-0.4, -0.2) is 24.5 Å². The van der Waals surface area contributed by atoms with Crippen molar-refractivity contribution < 1.29 is 16.4 Å². The molecule has 0 aromatic heterocycles. The van der Waals surface area contributed by atoms with E-state index in [2.05, 4.69) is 5.92 Å². The summed E-state index contributed by atoms with van der Waals surface area (Å²) in [5, 5.41) is 0. The molecule has 0 fully saturated rings. The second-order valence-corrected chi connectivity index (χ2v) is 2.63. The lowest BCUT2D eigenvalue weighted by Gasteiger charge is -2.22. The first-order valence-electron chi connectivity index (χ1n) is 9.95. The summed E-state index contributed by atoms with van der Waals surface area (Å²) in [4.78, 5) is 0.586. The topological polar surface area (TPSA) is 3.24 Å². The monoisotopic (exact) mass is 199 g/mol. The molecule has 0 N–H and O–H groups in total. The van der Waals surface area contributed by atoms with Crippen LogP contribution in [-0.2, 0) is 6.42 Å². The Labute approximate surface area is 104 Å². The van der Waals surface area contributed by atoms with Crippen LogP contribution in [0.4, 0.5) is 0 Å². The van der Waals surface area contributed by atoms with E-state index in [1.54, 1.807) is 6.40 Å². The van der Waals surface area contributed by atoms with E-state index in [4.69, 9.17) is 16.4 Å². The van der Waals surface area contributed by atoms with E-state index < -0.39 is 63.0 Å². The van der Waals surface area contributed by atoms with E-state index in [1.807, 2.05) is 0 Å². The third-order valence-electron chi connectivity index (χ3n) is 1.57. The number of nitrogens with zero attached hydrogens (tertiary/aromatic N) is 1. The number of hydrogen-bond acceptors (Lipinski definition) is 1. The van der Waals surface area contributed by atoms with Crippen LogP contribution in [0.25, 0.3) is 0 Å². The highest BCUT2D eigenvalue weighted by atomic mass is 15.1. The van der Waals surface area contributed by atoms with Crippen LogP contribution in [0, 0.1) is 12.3 Å². The van der Waals surface area contributed by atoms with Crippen molar-refractivity contribution in [3.05, 3.63) is 35.8 Å². The summed E-state index contributed by atoms with van der Waals surface area (Å²) in [6, 6.07) is -4.72. The lowest BCUT2D eigenvalue weighted by atomic mass is 10.1. The van der Waals surface area contributed by atoms with E-state index in [0.717, 1.165) is 0 Å². The van der Waals surface area contributed by atoms with Gasteiger partial charge in [0.25, 0.3) is 0 Å². The summed E-state index contributed by atoms with van der Waals surface area (Å²) < 4.78 is 91.2. The van der Waals surface area contributed by atoms with Crippen LogP contribution in [0.5, 0.6) is 0 Å². The zero-order chi connectivity index (χ0) is 20.4. The molecular weight excluding hydrogens is 170 g/mol. The molecule has 1 aromatic rings. The quantitative estimate of drug-likeness (QED) is 0.672. The molecule has 0 saturated carbocycles. The minimum absolute atomic E-state index is 0.287. The van der Waals surface area contributed by atoms with Gasteiger partial charge >= 0.3 is 0 Å². The Balaban J connectivity index is 3.52. The van der Waals surface area contributed by atoms with Gasteiger partial charge in [-0.1, -0.05) is 36.1 Å². The van der Waals surface area contributed by atoms with Gasteiger partial charge in [0.1, 0.15) is 1.37 Å². The zero-order valence-electron chi connectivity index (χ0n) is 19.4. The molecule has 0 aliphatic carbocycles. The number of terminal acetylenes is 1. The average Bonchev–Trinajstić information content (AvgIpc) is 2.51. The Morgan fingerprint density at radius 1 is 1.64 bits per heavy atom. The Bertz CT molecular complexity index is 695. The molecule has 0 spiro atoms. The molecule has 0 bridgehead atoms. The summed E-state index contributed by atoms with van der Waals surface area (Å²) >= 11 is 0. The summed E-state index contributed by atoms with van der Waals surface area (Å²) in [6.07, 6.45) is 1.15. The van der Waals surface area contributed by atoms with Gasteiger partial charge in [-0.3, -0.25) is 4.90 Å². The second kappa shape index (κ2) is 5.47. The van der Waals surface area contributed by atoms with Crippen LogP contribution in [0.2, 0.25) is 0 Å². The molecular formula is C13H17N. The normalized spacial score (nSPS) is 26.1. The average molecular weight is 199 g/mol. The zero-order valence-corrected chi connectivity index (χ0v) is 7.44. The van der Waals surface area contributed by atoms with E-state index >= 15 is 0 Å². The van der Waals surface area contributed by atoms with Gasteiger partial charge in [0, 0.05) is 14.3 Å². The third-order valence-corrected chi connectivity index (χ3v) is 1.57. The first-order valence-corrected chi connectivity index (χ1v) is 3.95. The third kappa shape index (κ3) is 3.24. The van der Waals surface area contributed by atoms with Gasteiger partial charge in [-0.2, -0.15) is 0 Å². The predicted octanol–water partition coefficient (Wildman–Crippen LogP) is 2.18. The fourth-order valence-corrected chi connectivity index (χ4v) is 0.877. The molecule has 0 radical (unpaired) electrons. The smallest absolute Gasteiger partial charge is 0.124 e. The second-order valence-electron chi connectivity index (χ2n) is 2.63. The fourth-order valence-electron chi connectivity index (χ4n) is 0.877.